The lowest BCUT2D eigenvalue weighted by molar-refractivity contribution is 0.289. The van der Waals surface area contributed by atoms with Gasteiger partial charge in [0, 0.05) is 24.0 Å². The Balaban J connectivity index is 1.58. The number of benzene rings is 1. The van der Waals surface area contributed by atoms with E-state index >= 15 is 0 Å². The lowest BCUT2D eigenvalue weighted by Crippen LogP contribution is -2.49. The van der Waals surface area contributed by atoms with E-state index in [4.69, 9.17) is 5.73 Å². The Labute approximate surface area is 99.2 Å². The van der Waals surface area contributed by atoms with E-state index in [1.807, 2.05) is 0 Å². The quantitative estimate of drug-likeness (QED) is 0.844. The minimum Gasteiger partial charge on any atom is -0.328 e. The molecule has 2 nitrogen and oxygen atoms in total. The fourth-order valence-corrected chi connectivity index (χ4v) is 2.59. The predicted octanol–water partition coefficient (Wildman–Crippen LogP) is 1.90. The number of halogens is 2. The van der Waals surface area contributed by atoms with Gasteiger partial charge in [-0.05, 0) is 37.0 Å². The van der Waals surface area contributed by atoms with E-state index in [-0.39, 0.29) is 0 Å². The van der Waals surface area contributed by atoms with Crippen LogP contribution in [0.4, 0.5) is 8.78 Å². The van der Waals surface area contributed by atoms with Crippen molar-refractivity contribution in [1.82, 2.24) is 5.32 Å². The van der Waals surface area contributed by atoms with Crippen molar-refractivity contribution in [3.8, 4) is 0 Å². The van der Waals surface area contributed by atoms with Crippen molar-refractivity contribution in [3.05, 3.63) is 35.4 Å². The standard InChI is InChI=1S/C13H16F2N2/c14-11-2-1-7(3-12(11)15)10-6-13(10)17-9-4-8(16)5-9/h1-3,8-10,13,17H,4-6,16H2/t8-,9-,10-,13+/m0/s1. The molecule has 4 heteroatoms. The second-order valence-corrected chi connectivity index (χ2v) is 5.22. The molecule has 0 amide bonds. The first kappa shape index (κ1) is 11.1. The molecule has 0 aromatic heterocycles. The molecule has 1 aromatic rings. The Morgan fingerprint density at radius 3 is 2.53 bits per heavy atom. The van der Waals surface area contributed by atoms with Crippen LogP contribution in [0.3, 0.4) is 0 Å². The maximum absolute atomic E-state index is 13.1. The summed E-state index contributed by atoms with van der Waals surface area (Å²) < 4.78 is 25.9. The third-order valence-corrected chi connectivity index (χ3v) is 3.79. The predicted molar refractivity (Wildman–Crippen MR) is 61.6 cm³/mol. The Morgan fingerprint density at radius 2 is 1.88 bits per heavy atom. The summed E-state index contributed by atoms with van der Waals surface area (Å²) in [6.45, 7) is 0. The molecule has 2 aliphatic carbocycles. The van der Waals surface area contributed by atoms with Gasteiger partial charge in [-0.15, -0.1) is 0 Å². The van der Waals surface area contributed by atoms with Crippen LogP contribution >= 0.6 is 0 Å². The first-order valence-corrected chi connectivity index (χ1v) is 6.10. The fourth-order valence-electron chi connectivity index (χ4n) is 2.59. The van der Waals surface area contributed by atoms with Crippen LogP contribution in [0.15, 0.2) is 18.2 Å². The lowest BCUT2D eigenvalue weighted by atomic mass is 9.87. The van der Waals surface area contributed by atoms with Crippen molar-refractivity contribution >= 4 is 0 Å². The van der Waals surface area contributed by atoms with Crippen molar-refractivity contribution in [1.29, 1.82) is 0 Å². The van der Waals surface area contributed by atoms with Crippen LogP contribution in [0, 0.1) is 11.6 Å². The van der Waals surface area contributed by atoms with Crippen molar-refractivity contribution in [3.63, 3.8) is 0 Å². The van der Waals surface area contributed by atoms with Gasteiger partial charge in [0.15, 0.2) is 11.6 Å². The molecule has 0 saturated heterocycles. The minimum absolute atomic E-state index is 0.335. The van der Waals surface area contributed by atoms with Gasteiger partial charge in [-0.3, -0.25) is 0 Å². The van der Waals surface area contributed by atoms with Crippen molar-refractivity contribution in [2.75, 3.05) is 0 Å². The number of nitrogens with one attached hydrogen (secondary N) is 1. The third kappa shape index (κ3) is 2.19. The Hall–Kier alpha value is -1.00. The maximum Gasteiger partial charge on any atom is 0.159 e. The zero-order valence-corrected chi connectivity index (χ0v) is 9.50. The number of hydrogen-bond acceptors (Lipinski definition) is 2. The molecule has 0 radical (unpaired) electrons. The summed E-state index contributed by atoms with van der Waals surface area (Å²) in [5.41, 5.74) is 6.61. The molecular formula is C13H16F2N2. The first-order chi connectivity index (χ1) is 8.13. The molecule has 2 saturated carbocycles. The van der Waals surface area contributed by atoms with Crippen LogP contribution in [0.5, 0.6) is 0 Å². The Morgan fingerprint density at radius 1 is 1.12 bits per heavy atom. The highest BCUT2D eigenvalue weighted by molar-refractivity contribution is 5.29. The van der Waals surface area contributed by atoms with Gasteiger partial charge in [-0.1, -0.05) is 6.07 Å². The van der Waals surface area contributed by atoms with E-state index in [2.05, 4.69) is 5.32 Å². The van der Waals surface area contributed by atoms with Crippen LogP contribution in [-0.4, -0.2) is 18.1 Å². The molecule has 0 bridgehead atoms. The van der Waals surface area contributed by atoms with E-state index in [1.165, 1.54) is 12.1 Å². The van der Waals surface area contributed by atoms with Gasteiger partial charge in [0.05, 0.1) is 0 Å². The highest BCUT2D eigenvalue weighted by Crippen LogP contribution is 2.42. The molecule has 92 valence electrons. The second kappa shape index (κ2) is 4.03. The monoisotopic (exact) mass is 238 g/mol. The molecule has 2 fully saturated rings. The van der Waals surface area contributed by atoms with Crippen LogP contribution in [0.2, 0.25) is 0 Å². The second-order valence-electron chi connectivity index (χ2n) is 5.22. The number of nitrogens with two attached hydrogens (primary N) is 1. The van der Waals surface area contributed by atoms with Crippen LogP contribution < -0.4 is 11.1 Å². The van der Waals surface area contributed by atoms with Crippen LogP contribution in [0.1, 0.15) is 30.7 Å². The maximum atomic E-state index is 13.1. The summed E-state index contributed by atoms with van der Waals surface area (Å²) in [5.74, 6) is -1.19. The zero-order valence-electron chi connectivity index (χ0n) is 9.50. The van der Waals surface area contributed by atoms with Crippen LogP contribution in [-0.2, 0) is 0 Å². The van der Waals surface area contributed by atoms with Crippen molar-refractivity contribution < 1.29 is 8.78 Å². The molecule has 2 aliphatic rings. The minimum atomic E-state index is -0.774. The number of rotatable bonds is 3. The zero-order chi connectivity index (χ0) is 12.0. The average molecular weight is 238 g/mol. The highest BCUT2D eigenvalue weighted by Gasteiger charge is 2.41. The first-order valence-electron chi connectivity index (χ1n) is 6.10. The smallest absolute Gasteiger partial charge is 0.159 e. The molecule has 3 rings (SSSR count). The molecule has 0 unspecified atom stereocenters. The molecule has 3 N–H and O–H groups in total. The molecule has 0 heterocycles. The number of hydrogen-bond donors (Lipinski definition) is 2. The Kier molecular flexibility index (Phi) is 2.64. The summed E-state index contributed by atoms with van der Waals surface area (Å²) >= 11 is 0. The molecule has 2 atom stereocenters. The molecule has 1 aromatic carbocycles. The average Bonchev–Trinajstić information content (AvgIpc) is 2.99. The molecule has 0 aliphatic heterocycles. The van der Waals surface area contributed by atoms with E-state index < -0.39 is 11.6 Å². The summed E-state index contributed by atoms with van der Waals surface area (Å²) in [6.07, 6.45) is 3.07. The van der Waals surface area contributed by atoms with E-state index in [1.54, 1.807) is 6.07 Å². The molecular weight excluding hydrogens is 222 g/mol. The fraction of sp³-hybridized carbons (Fsp3) is 0.538. The largest absolute Gasteiger partial charge is 0.328 e. The van der Waals surface area contributed by atoms with E-state index in [0.717, 1.165) is 24.8 Å². The lowest BCUT2D eigenvalue weighted by Gasteiger charge is -2.33. The van der Waals surface area contributed by atoms with Gasteiger partial charge in [-0.2, -0.15) is 0 Å². The molecule has 0 spiro atoms. The van der Waals surface area contributed by atoms with Gasteiger partial charge in [0.25, 0.3) is 0 Å². The SMILES string of the molecule is N[C@H]1C[C@H](N[C@@H]2C[C@H]2c2ccc(F)c(F)c2)C1. The summed E-state index contributed by atoms with van der Waals surface area (Å²) in [5, 5.41) is 3.51. The van der Waals surface area contributed by atoms with Gasteiger partial charge in [0.2, 0.25) is 0 Å². The summed E-state index contributed by atoms with van der Waals surface area (Å²) in [6, 6.07) is 5.47. The highest BCUT2D eigenvalue weighted by atomic mass is 19.2. The van der Waals surface area contributed by atoms with Crippen molar-refractivity contribution in [2.24, 2.45) is 5.73 Å². The van der Waals surface area contributed by atoms with Gasteiger partial charge < -0.3 is 11.1 Å². The van der Waals surface area contributed by atoms with Gasteiger partial charge >= 0.3 is 0 Å². The molecule has 17 heavy (non-hydrogen) atoms. The summed E-state index contributed by atoms with van der Waals surface area (Å²) in [4.78, 5) is 0. The van der Waals surface area contributed by atoms with Gasteiger partial charge in [0.1, 0.15) is 0 Å². The van der Waals surface area contributed by atoms with E-state index in [9.17, 15) is 8.78 Å². The topological polar surface area (TPSA) is 38.0 Å². The normalized spacial score (nSPS) is 35.5. The van der Waals surface area contributed by atoms with Gasteiger partial charge in [-0.25, -0.2) is 8.78 Å². The third-order valence-electron chi connectivity index (χ3n) is 3.79. The Bertz CT molecular complexity index is 429. The van der Waals surface area contributed by atoms with Crippen molar-refractivity contribution in [2.45, 2.75) is 43.3 Å². The summed E-state index contributed by atoms with van der Waals surface area (Å²) in [7, 11) is 0. The van der Waals surface area contributed by atoms with E-state index in [0.29, 0.717) is 24.0 Å². The van der Waals surface area contributed by atoms with Crippen LogP contribution in [0.25, 0.3) is 0 Å².